The van der Waals surface area contributed by atoms with E-state index in [1.54, 1.807) is 56.7 Å². The summed E-state index contributed by atoms with van der Waals surface area (Å²) >= 11 is 0. The van der Waals surface area contributed by atoms with E-state index in [0.717, 1.165) is 11.1 Å². The number of carbonyl (C=O) groups excluding carboxylic acids is 2. The lowest BCUT2D eigenvalue weighted by molar-refractivity contribution is -0.120. The summed E-state index contributed by atoms with van der Waals surface area (Å²) in [5, 5.41) is 3.16. The Morgan fingerprint density at radius 2 is 1.53 bits per heavy atom. The highest BCUT2D eigenvalue weighted by molar-refractivity contribution is 6.46. The van der Waals surface area contributed by atoms with Crippen LogP contribution in [0.15, 0.2) is 72.4 Å². The lowest BCUT2D eigenvalue weighted by Gasteiger charge is -2.18. The van der Waals surface area contributed by atoms with E-state index in [1.165, 1.54) is 4.90 Å². The van der Waals surface area contributed by atoms with Crippen LogP contribution in [-0.2, 0) is 9.59 Å². The van der Waals surface area contributed by atoms with E-state index in [2.05, 4.69) is 5.32 Å². The number of methoxy groups -OCH3 is 2. The van der Waals surface area contributed by atoms with Crippen LogP contribution in [0.25, 0.3) is 5.57 Å². The Balaban J connectivity index is 1.85. The Hall–Kier alpha value is -4.06. The van der Waals surface area contributed by atoms with Gasteiger partial charge in [-0.3, -0.25) is 9.59 Å². The van der Waals surface area contributed by atoms with Gasteiger partial charge in [-0.05, 0) is 55.8 Å². The summed E-state index contributed by atoms with van der Waals surface area (Å²) < 4.78 is 10.7. The fourth-order valence-electron chi connectivity index (χ4n) is 3.84. The van der Waals surface area contributed by atoms with Crippen LogP contribution in [0, 0.1) is 13.8 Å². The van der Waals surface area contributed by atoms with Crippen molar-refractivity contribution in [2.75, 3.05) is 24.4 Å². The van der Waals surface area contributed by atoms with E-state index in [-0.39, 0.29) is 11.3 Å². The fourth-order valence-corrected chi connectivity index (χ4v) is 3.84. The Morgan fingerprint density at radius 3 is 2.19 bits per heavy atom. The van der Waals surface area contributed by atoms with Crippen molar-refractivity contribution in [2.24, 2.45) is 0 Å². The minimum atomic E-state index is -0.418. The van der Waals surface area contributed by atoms with Gasteiger partial charge < -0.3 is 14.8 Å². The average Bonchev–Trinajstić information content (AvgIpc) is 3.03. The zero-order valence-electron chi connectivity index (χ0n) is 18.4. The van der Waals surface area contributed by atoms with Gasteiger partial charge in [0, 0.05) is 11.3 Å². The lowest BCUT2D eigenvalue weighted by Crippen LogP contribution is -2.33. The molecular formula is C26H24N2O4. The number of benzene rings is 3. The van der Waals surface area contributed by atoms with Crippen molar-refractivity contribution in [1.82, 2.24) is 0 Å². The number of aryl methyl sites for hydroxylation is 2. The standard InChI is InChI=1S/C26H24N2O4/c1-16-9-14-21(17(2)15-16)28-25(29)23(20-7-5-6-8-22(20)32-4)24(26(28)30)27-18-10-12-19(31-3)13-11-18/h5-15,27H,1-4H3. The van der Waals surface area contributed by atoms with Gasteiger partial charge in [0.25, 0.3) is 11.8 Å². The Labute approximate surface area is 187 Å². The van der Waals surface area contributed by atoms with E-state index >= 15 is 0 Å². The molecule has 6 heteroatoms. The van der Waals surface area contributed by atoms with Crippen molar-refractivity contribution in [1.29, 1.82) is 0 Å². The number of para-hydroxylation sites is 1. The molecule has 0 spiro atoms. The molecule has 0 bridgehead atoms. The number of nitrogens with zero attached hydrogens (tertiary/aromatic N) is 1. The smallest absolute Gasteiger partial charge is 0.282 e. The molecule has 3 aromatic rings. The highest BCUT2D eigenvalue weighted by atomic mass is 16.5. The molecule has 0 fully saturated rings. The maximum absolute atomic E-state index is 13.7. The van der Waals surface area contributed by atoms with Gasteiger partial charge in [-0.1, -0.05) is 35.9 Å². The van der Waals surface area contributed by atoms with Gasteiger partial charge in [-0.15, -0.1) is 0 Å². The number of imide groups is 1. The van der Waals surface area contributed by atoms with E-state index in [9.17, 15) is 9.59 Å². The largest absolute Gasteiger partial charge is 0.497 e. The molecule has 3 aromatic carbocycles. The Kier molecular flexibility index (Phi) is 5.69. The molecule has 32 heavy (non-hydrogen) atoms. The zero-order valence-corrected chi connectivity index (χ0v) is 18.4. The molecule has 0 unspecified atom stereocenters. The van der Waals surface area contributed by atoms with Gasteiger partial charge in [0.15, 0.2) is 0 Å². The molecule has 1 aliphatic rings. The minimum absolute atomic E-state index is 0.199. The minimum Gasteiger partial charge on any atom is -0.497 e. The van der Waals surface area contributed by atoms with Crippen molar-refractivity contribution in [3.8, 4) is 11.5 Å². The quantitative estimate of drug-likeness (QED) is 0.576. The summed E-state index contributed by atoms with van der Waals surface area (Å²) in [6, 6.07) is 20.0. The van der Waals surface area contributed by atoms with E-state index in [4.69, 9.17) is 9.47 Å². The fraction of sp³-hybridized carbons (Fsp3) is 0.154. The average molecular weight is 428 g/mol. The third kappa shape index (κ3) is 3.71. The molecule has 4 rings (SSSR count). The third-order valence-electron chi connectivity index (χ3n) is 5.41. The maximum atomic E-state index is 13.7. The number of nitrogens with one attached hydrogen (secondary N) is 1. The van der Waals surface area contributed by atoms with Crippen molar-refractivity contribution < 1.29 is 19.1 Å². The summed E-state index contributed by atoms with van der Waals surface area (Å²) in [5.41, 5.74) is 4.14. The number of carbonyl (C=O) groups is 2. The molecule has 162 valence electrons. The van der Waals surface area contributed by atoms with Crippen LogP contribution in [0.1, 0.15) is 16.7 Å². The molecule has 0 aliphatic carbocycles. The maximum Gasteiger partial charge on any atom is 0.282 e. The van der Waals surface area contributed by atoms with Crippen LogP contribution in [0.3, 0.4) is 0 Å². The highest BCUT2D eigenvalue weighted by Crippen LogP contribution is 2.38. The van der Waals surface area contributed by atoms with Crippen LogP contribution in [0.5, 0.6) is 11.5 Å². The van der Waals surface area contributed by atoms with Crippen molar-refractivity contribution in [2.45, 2.75) is 13.8 Å². The van der Waals surface area contributed by atoms with Gasteiger partial charge in [-0.2, -0.15) is 0 Å². The summed E-state index contributed by atoms with van der Waals surface area (Å²) in [5.74, 6) is 0.390. The third-order valence-corrected chi connectivity index (χ3v) is 5.41. The first-order valence-electron chi connectivity index (χ1n) is 10.2. The summed E-state index contributed by atoms with van der Waals surface area (Å²) in [4.78, 5) is 28.5. The van der Waals surface area contributed by atoms with Crippen LogP contribution in [-0.4, -0.2) is 26.0 Å². The molecule has 1 heterocycles. The molecule has 0 saturated heterocycles. The molecular weight excluding hydrogens is 404 g/mol. The van der Waals surface area contributed by atoms with Gasteiger partial charge in [-0.25, -0.2) is 4.90 Å². The second-order valence-electron chi connectivity index (χ2n) is 7.54. The van der Waals surface area contributed by atoms with Crippen molar-refractivity contribution in [3.05, 3.63) is 89.1 Å². The van der Waals surface area contributed by atoms with Crippen LogP contribution < -0.4 is 19.7 Å². The summed E-state index contributed by atoms with van der Waals surface area (Å²) in [6.07, 6.45) is 0. The summed E-state index contributed by atoms with van der Waals surface area (Å²) in [6.45, 7) is 3.86. The molecule has 6 nitrogen and oxygen atoms in total. The van der Waals surface area contributed by atoms with Gasteiger partial charge in [0.05, 0.1) is 25.5 Å². The number of ether oxygens (including phenoxy) is 2. The second kappa shape index (κ2) is 8.59. The van der Waals surface area contributed by atoms with Crippen LogP contribution >= 0.6 is 0 Å². The van der Waals surface area contributed by atoms with E-state index < -0.39 is 11.8 Å². The van der Waals surface area contributed by atoms with E-state index in [0.29, 0.717) is 28.4 Å². The topological polar surface area (TPSA) is 67.9 Å². The predicted molar refractivity (Wildman–Crippen MR) is 125 cm³/mol. The zero-order chi connectivity index (χ0) is 22.8. The summed E-state index contributed by atoms with van der Waals surface area (Å²) in [7, 11) is 3.13. The molecule has 2 amide bonds. The molecule has 1 aliphatic heterocycles. The van der Waals surface area contributed by atoms with Crippen molar-refractivity contribution >= 4 is 28.8 Å². The number of hydrogen-bond acceptors (Lipinski definition) is 5. The normalized spacial score (nSPS) is 13.6. The number of hydrogen-bond donors (Lipinski definition) is 1. The number of anilines is 2. The molecule has 0 atom stereocenters. The Morgan fingerprint density at radius 1 is 0.812 bits per heavy atom. The van der Waals surface area contributed by atoms with Gasteiger partial charge >= 0.3 is 0 Å². The SMILES string of the molecule is COc1ccc(NC2=C(c3ccccc3OC)C(=O)N(c3ccc(C)cc3C)C2=O)cc1. The van der Waals surface area contributed by atoms with Crippen molar-refractivity contribution in [3.63, 3.8) is 0 Å². The molecule has 0 aromatic heterocycles. The van der Waals surface area contributed by atoms with Gasteiger partial charge in [0.2, 0.25) is 0 Å². The lowest BCUT2D eigenvalue weighted by atomic mass is 10.0. The molecule has 0 radical (unpaired) electrons. The number of amides is 2. The van der Waals surface area contributed by atoms with Crippen LogP contribution in [0.2, 0.25) is 0 Å². The van der Waals surface area contributed by atoms with E-state index in [1.807, 2.05) is 38.1 Å². The second-order valence-corrected chi connectivity index (χ2v) is 7.54. The monoisotopic (exact) mass is 428 g/mol. The first-order chi connectivity index (χ1) is 15.4. The van der Waals surface area contributed by atoms with Gasteiger partial charge in [0.1, 0.15) is 17.2 Å². The first-order valence-corrected chi connectivity index (χ1v) is 10.2. The molecule has 1 N–H and O–H groups in total. The number of rotatable bonds is 6. The Bertz CT molecular complexity index is 1230. The van der Waals surface area contributed by atoms with Crippen LogP contribution in [0.4, 0.5) is 11.4 Å². The predicted octanol–water partition coefficient (Wildman–Crippen LogP) is 4.72. The highest BCUT2D eigenvalue weighted by Gasteiger charge is 2.41. The molecule has 0 saturated carbocycles. The first kappa shape index (κ1) is 21.2.